The minimum Gasteiger partial charge on any atom is -0.403 e. The van der Waals surface area contributed by atoms with Gasteiger partial charge in [-0.2, -0.15) is 26.3 Å². The van der Waals surface area contributed by atoms with Crippen LogP contribution in [0.5, 0.6) is 5.75 Å². The van der Waals surface area contributed by atoms with Crippen molar-refractivity contribution >= 4 is 31.0 Å². The van der Waals surface area contributed by atoms with Gasteiger partial charge in [0.1, 0.15) is 5.75 Å². The average molecular weight is 494 g/mol. The second-order valence-corrected chi connectivity index (χ2v) is 7.07. The Balaban J connectivity index is 0.00000233. The molecule has 0 aliphatic carbocycles. The Labute approximate surface area is 177 Å². The molecule has 0 aliphatic heterocycles. The number of halogens is 7. The van der Waals surface area contributed by atoms with E-state index in [1.807, 2.05) is 13.8 Å². The zero-order chi connectivity index (χ0) is 24.2. The lowest BCUT2D eigenvalue weighted by Gasteiger charge is -2.16. The standard InChI is InChI=1S/C15H9ClF6NO5P.C2H6/c16-9-1-2-12(28-29(25,26)27)11(6-9)13(24)23-10-4-7(14(17,18)19)3-8(5-10)15(20,21)22;1-2/h1-6H,(H,23,24)(H2,25,26,27);1-2H3. The van der Waals surface area contributed by atoms with Gasteiger partial charge in [-0.05, 0) is 36.4 Å². The molecule has 0 aliphatic rings. The number of rotatable bonds is 4. The first-order valence-corrected chi connectivity index (χ1v) is 10.1. The highest BCUT2D eigenvalue weighted by molar-refractivity contribution is 7.46. The largest absolute Gasteiger partial charge is 0.524 e. The molecule has 0 saturated carbocycles. The van der Waals surface area contributed by atoms with Gasteiger partial charge in [-0.15, -0.1) is 0 Å². The first-order chi connectivity index (χ1) is 14.1. The lowest BCUT2D eigenvalue weighted by molar-refractivity contribution is -0.143. The minimum absolute atomic E-state index is 0.117. The molecule has 0 atom stereocenters. The number of alkyl halides is 6. The summed E-state index contributed by atoms with van der Waals surface area (Å²) in [5, 5.41) is 1.69. The molecule has 2 aromatic carbocycles. The number of phosphoric ester groups is 1. The summed E-state index contributed by atoms with van der Waals surface area (Å²) < 4.78 is 92.6. The van der Waals surface area contributed by atoms with E-state index in [0.717, 1.165) is 18.2 Å². The summed E-state index contributed by atoms with van der Waals surface area (Å²) in [5.74, 6) is -2.01. The smallest absolute Gasteiger partial charge is 0.403 e. The molecule has 1 amide bonds. The predicted molar refractivity (Wildman–Crippen MR) is 99.9 cm³/mol. The van der Waals surface area contributed by atoms with Crippen LogP contribution in [0, 0.1) is 0 Å². The topological polar surface area (TPSA) is 95.9 Å². The molecule has 2 aromatic rings. The highest BCUT2D eigenvalue weighted by Crippen LogP contribution is 2.41. The molecule has 0 unspecified atom stereocenters. The number of nitrogens with one attached hydrogen (secondary N) is 1. The van der Waals surface area contributed by atoms with E-state index in [4.69, 9.17) is 21.4 Å². The maximum absolute atomic E-state index is 12.9. The van der Waals surface area contributed by atoms with Crippen LogP contribution < -0.4 is 9.84 Å². The monoisotopic (exact) mass is 493 g/mol. The average Bonchev–Trinajstić information content (AvgIpc) is 2.62. The van der Waals surface area contributed by atoms with E-state index in [0.29, 0.717) is 0 Å². The zero-order valence-electron chi connectivity index (χ0n) is 15.7. The van der Waals surface area contributed by atoms with Crippen molar-refractivity contribution in [3.63, 3.8) is 0 Å². The molecule has 172 valence electrons. The third kappa shape index (κ3) is 8.06. The first kappa shape index (κ1) is 26.8. The van der Waals surface area contributed by atoms with Crippen LogP contribution in [0.4, 0.5) is 32.0 Å². The normalized spacial score (nSPS) is 12.0. The third-order valence-corrected chi connectivity index (χ3v) is 3.92. The maximum Gasteiger partial charge on any atom is 0.524 e. The highest BCUT2D eigenvalue weighted by Gasteiger charge is 2.37. The molecule has 3 N–H and O–H groups in total. The second kappa shape index (κ2) is 9.90. The Bertz CT molecular complexity index is 958. The lowest BCUT2D eigenvalue weighted by atomic mass is 10.1. The van der Waals surface area contributed by atoms with E-state index in [1.54, 1.807) is 5.32 Å². The molecule has 0 fully saturated rings. The van der Waals surface area contributed by atoms with Gasteiger partial charge in [0.25, 0.3) is 5.91 Å². The summed E-state index contributed by atoms with van der Waals surface area (Å²) in [4.78, 5) is 30.1. The molecule has 0 saturated heterocycles. The molecule has 0 aromatic heterocycles. The Kier molecular flexibility index (Phi) is 8.55. The molecule has 0 spiro atoms. The van der Waals surface area contributed by atoms with Crippen molar-refractivity contribution in [2.75, 3.05) is 5.32 Å². The van der Waals surface area contributed by atoms with Gasteiger partial charge in [0.05, 0.1) is 16.7 Å². The highest BCUT2D eigenvalue weighted by atomic mass is 35.5. The van der Waals surface area contributed by atoms with Crippen LogP contribution in [0.1, 0.15) is 35.3 Å². The quantitative estimate of drug-likeness (QED) is 0.352. The molecule has 6 nitrogen and oxygen atoms in total. The van der Waals surface area contributed by atoms with Crippen molar-refractivity contribution in [1.82, 2.24) is 0 Å². The van der Waals surface area contributed by atoms with E-state index >= 15 is 0 Å². The Hall–Kier alpha value is -2.27. The number of carbonyl (C=O) groups excluding carboxylic acids is 1. The number of hydrogen-bond acceptors (Lipinski definition) is 3. The fourth-order valence-corrected chi connectivity index (χ4v) is 2.70. The third-order valence-electron chi connectivity index (χ3n) is 3.25. The molecule has 14 heteroatoms. The number of carbonyl (C=O) groups is 1. The number of anilines is 1. The Morgan fingerprint density at radius 3 is 1.87 bits per heavy atom. The second-order valence-electron chi connectivity index (χ2n) is 5.47. The van der Waals surface area contributed by atoms with Crippen molar-refractivity contribution in [2.24, 2.45) is 0 Å². The summed E-state index contributed by atoms with van der Waals surface area (Å²) in [6.45, 7) is 4.00. The van der Waals surface area contributed by atoms with Gasteiger partial charge >= 0.3 is 20.2 Å². The van der Waals surface area contributed by atoms with Crippen LogP contribution in [-0.4, -0.2) is 15.7 Å². The molecule has 0 heterocycles. The van der Waals surface area contributed by atoms with E-state index in [1.165, 1.54) is 0 Å². The predicted octanol–water partition coefficient (Wildman–Crippen LogP) is 6.13. The molecule has 31 heavy (non-hydrogen) atoms. The maximum atomic E-state index is 12.9. The number of amides is 1. The van der Waals surface area contributed by atoms with E-state index in [-0.39, 0.29) is 23.2 Å². The van der Waals surface area contributed by atoms with Crippen molar-refractivity contribution in [2.45, 2.75) is 26.2 Å². The van der Waals surface area contributed by atoms with Crippen LogP contribution in [0.2, 0.25) is 5.02 Å². The molecule has 2 rings (SSSR count). The van der Waals surface area contributed by atoms with Gasteiger partial charge in [-0.25, -0.2) is 4.57 Å². The summed E-state index contributed by atoms with van der Waals surface area (Å²) in [7, 11) is -5.13. The zero-order valence-corrected chi connectivity index (χ0v) is 17.3. The fourth-order valence-electron chi connectivity index (χ4n) is 2.11. The summed E-state index contributed by atoms with van der Waals surface area (Å²) >= 11 is 5.68. The van der Waals surface area contributed by atoms with Crippen molar-refractivity contribution < 1.29 is 50.0 Å². The summed E-state index contributed by atoms with van der Waals surface area (Å²) in [5.41, 5.74) is -4.83. The summed E-state index contributed by atoms with van der Waals surface area (Å²) in [6.07, 6.45) is -10.3. The number of benzene rings is 2. The van der Waals surface area contributed by atoms with Gasteiger partial charge in [0.15, 0.2) is 0 Å². The Morgan fingerprint density at radius 2 is 1.45 bits per heavy atom. The van der Waals surface area contributed by atoms with Gasteiger partial charge in [-0.3, -0.25) is 14.6 Å². The van der Waals surface area contributed by atoms with Crippen LogP contribution in [0.3, 0.4) is 0 Å². The van der Waals surface area contributed by atoms with Crippen LogP contribution in [0.15, 0.2) is 36.4 Å². The van der Waals surface area contributed by atoms with E-state index in [9.17, 15) is 35.7 Å². The molecular weight excluding hydrogens is 479 g/mol. The van der Waals surface area contributed by atoms with Gasteiger partial charge in [0, 0.05) is 10.7 Å². The van der Waals surface area contributed by atoms with Crippen molar-refractivity contribution in [3.05, 3.63) is 58.1 Å². The number of hydrogen-bond donors (Lipinski definition) is 3. The SMILES string of the molecule is CC.O=C(Nc1cc(C(F)(F)F)cc(C(F)(F)F)c1)c1cc(Cl)ccc1OP(=O)(O)O. The lowest BCUT2D eigenvalue weighted by Crippen LogP contribution is -2.16. The van der Waals surface area contributed by atoms with E-state index in [2.05, 4.69) is 4.52 Å². The number of phosphoric acid groups is 1. The molecular formula is C17H15ClF6NO5P. The molecule has 0 radical (unpaired) electrons. The first-order valence-electron chi connectivity index (χ1n) is 8.22. The molecule has 0 bridgehead atoms. The van der Waals surface area contributed by atoms with Gasteiger partial charge < -0.3 is 9.84 Å². The Morgan fingerprint density at radius 1 is 0.968 bits per heavy atom. The van der Waals surface area contributed by atoms with Crippen molar-refractivity contribution in [3.8, 4) is 5.75 Å². The van der Waals surface area contributed by atoms with Crippen LogP contribution >= 0.6 is 19.4 Å². The fraction of sp³-hybridized carbons (Fsp3) is 0.235. The minimum atomic E-state index is -5.13. The van der Waals surface area contributed by atoms with Crippen LogP contribution in [0.25, 0.3) is 0 Å². The van der Waals surface area contributed by atoms with Crippen molar-refractivity contribution in [1.29, 1.82) is 0 Å². The van der Waals surface area contributed by atoms with Gasteiger partial charge in [0.2, 0.25) is 0 Å². The van der Waals surface area contributed by atoms with Gasteiger partial charge in [-0.1, -0.05) is 25.4 Å². The van der Waals surface area contributed by atoms with E-state index < -0.39 is 54.2 Å². The van der Waals surface area contributed by atoms with Crippen LogP contribution in [-0.2, 0) is 16.9 Å². The summed E-state index contributed by atoms with van der Waals surface area (Å²) in [6, 6.07) is 3.25.